The van der Waals surface area contributed by atoms with E-state index in [0.29, 0.717) is 18.0 Å². The number of aliphatic hydroxyl groups excluding tert-OH is 1. The number of nitrogens with one attached hydrogen (secondary N) is 1. The SMILES string of the molecule is CCC(NCC(O)c1ccccc1)c1ccc2c(c1)OCC(C(=O)OC)O2. The molecule has 0 bridgehead atoms. The Morgan fingerprint density at radius 3 is 2.70 bits per heavy atom. The fraction of sp³-hybridized carbons (Fsp3) is 0.381. The van der Waals surface area contributed by atoms with E-state index in [1.54, 1.807) is 6.07 Å². The third-order valence-corrected chi connectivity index (χ3v) is 4.64. The van der Waals surface area contributed by atoms with Crippen molar-refractivity contribution in [2.24, 2.45) is 0 Å². The monoisotopic (exact) mass is 371 g/mol. The highest BCUT2D eigenvalue weighted by atomic mass is 16.6. The van der Waals surface area contributed by atoms with E-state index in [-0.39, 0.29) is 12.6 Å². The first-order valence-corrected chi connectivity index (χ1v) is 9.10. The average molecular weight is 371 g/mol. The van der Waals surface area contributed by atoms with Crippen LogP contribution in [0.4, 0.5) is 0 Å². The average Bonchev–Trinajstić information content (AvgIpc) is 2.73. The number of aliphatic hydroxyl groups is 1. The molecule has 144 valence electrons. The van der Waals surface area contributed by atoms with Crippen molar-refractivity contribution in [3.63, 3.8) is 0 Å². The van der Waals surface area contributed by atoms with Crippen LogP contribution in [0.5, 0.6) is 11.5 Å². The largest absolute Gasteiger partial charge is 0.485 e. The maximum absolute atomic E-state index is 11.6. The molecule has 0 radical (unpaired) electrons. The molecule has 3 unspecified atom stereocenters. The van der Waals surface area contributed by atoms with Gasteiger partial charge in [-0.3, -0.25) is 0 Å². The molecule has 2 aromatic rings. The maximum Gasteiger partial charge on any atom is 0.350 e. The number of carbonyl (C=O) groups excluding carboxylic acids is 1. The third kappa shape index (κ3) is 4.59. The molecule has 1 aliphatic rings. The lowest BCUT2D eigenvalue weighted by Gasteiger charge is -2.26. The van der Waals surface area contributed by atoms with Crippen molar-refractivity contribution < 1.29 is 24.1 Å². The van der Waals surface area contributed by atoms with Crippen LogP contribution < -0.4 is 14.8 Å². The zero-order chi connectivity index (χ0) is 19.2. The smallest absolute Gasteiger partial charge is 0.350 e. The molecule has 0 amide bonds. The molecule has 0 spiro atoms. The van der Waals surface area contributed by atoms with Gasteiger partial charge in [0.05, 0.1) is 13.2 Å². The van der Waals surface area contributed by atoms with Gasteiger partial charge in [-0.2, -0.15) is 0 Å². The van der Waals surface area contributed by atoms with E-state index in [4.69, 9.17) is 14.2 Å². The fourth-order valence-electron chi connectivity index (χ4n) is 3.10. The van der Waals surface area contributed by atoms with Gasteiger partial charge in [-0.25, -0.2) is 4.79 Å². The first-order valence-electron chi connectivity index (χ1n) is 9.10. The second-order valence-electron chi connectivity index (χ2n) is 6.44. The fourth-order valence-corrected chi connectivity index (χ4v) is 3.10. The number of ether oxygens (including phenoxy) is 3. The topological polar surface area (TPSA) is 77.0 Å². The minimum Gasteiger partial charge on any atom is -0.485 e. The van der Waals surface area contributed by atoms with Crippen molar-refractivity contribution in [3.05, 3.63) is 59.7 Å². The van der Waals surface area contributed by atoms with E-state index in [2.05, 4.69) is 12.2 Å². The van der Waals surface area contributed by atoms with E-state index in [9.17, 15) is 9.90 Å². The molecule has 0 aromatic heterocycles. The highest BCUT2D eigenvalue weighted by Gasteiger charge is 2.28. The number of esters is 1. The molecule has 0 saturated carbocycles. The van der Waals surface area contributed by atoms with E-state index in [1.807, 2.05) is 42.5 Å². The van der Waals surface area contributed by atoms with Crippen molar-refractivity contribution in [1.82, 2.24) is 5.32 Å². The van der Waals surface area contributed by atoms with Gasteiger partial charge in [0.25, 0.3) is 0 Å². The van der Waals surface area contributed by atoms with Crippen LogP contribution in [0.1, 0.15) is 36.6 Å². The Morgan fingerprint density at radius 1 is 1.22 bits per heavy atom. The molecule has 2 aromatic carbocycles. The van der Waals surface area contributed by atoms with E-state index < -0.39 is 18.2 Å². The summed E-state index contributed by atoms with van der Waals surface area (Å²) in [7, 11) is 1.33. The second-order valence-corrected chi connectivity index (χ2v) is 6.44. The van der Waals surface area contributed by atoms with Crippen molar-refractivity contribution in [2.75, 3.05) is 20.3 Å². The summed E-state index contributed by atoms with van der Waals surface area (Å²) in [6.45, 7) is 2.65. The predicted octanol–water partition coefficient (Wildman–Crippen LogP) is 2.77. The zero-order valence-electron chi connectivity index (χ0n) is 15.6. The third-order valence-electron chi connectivity index (χ3n) is 4.64. The minimum atomic E-state index is -0.741. The van der Waals surface area contributed by atoms with Crippen LogP contribution in [-0.2, 0) is 9.53 Å². The zero-order valence-corrected chi connectivity index (χ0v) is 15.6. The normalized spacial score (nSPS) is 17.8. The first-order chi connectivity index (χ1) is 13.1. The van der Waals surface area contributed by atoms with Gasteiger partial charge in [0, 0.05) is 12.6 Å². The van der Waals surface area contributed by atoms with E-state index in [0.717, 1.165) is 17.5 Å². The quantitative estimate of drug-likeness (QED) is 0.729. The van der Waals surface area contributed by atoms with Crippen LogP contribution in [0.2, 0.25) is 0 Å². The highest BCUT2D eigenvalue weighted by Crippen LogP contribution is 2.35. The van der Waals surface area contributed by atoms with Gasteiger partial charge >= 0.3 is 5.97 Å². The van der Waals surface area contributed by atoms with Crippen molar-refractivity contribution in [2.45, 2.75) is 31.6 Å². The number of carbonyl (C=O) groups is 1. The summed E-state index contributed by atoms with van der Waals surface area (Å²) >= 11 is 0. The summed E-state index contributed by atoms with van der Waals surface area (Å²) in [5, 5.41) is 13.8. The predicted molar refractivity (Wildman–Crippen MR) is 101 cm³/mol. The molecule has 1 aliphatic heterocycles. The van der Waals surface area contributed by atoms with Crippen LogP contribution in [0, 0.1) is 0 Å². The van der Waals surface area contributed by atoms with E-state index >= 15 is 0 Å². The Morgan fingerprint density at radius 2 is 2.00 bits per heavy atom. The van der Waals surface area contributed by atoms with Gasteiger partial charge in [-0.15, -0.1) is 0 Å². The number of benzene rings is 2. The number of methoxy groups -OCH3 is 1. The maximum atomic E-state index is 11.6. The molecular weight excluding hydrogens is 346 g/mol. The molecule has 0 aliphatic carbocycles. The summed E-state index contributed by atoms with van der Waals surface area (Å²) < 4.78 is 16.0. The molecular formula is C21H25NO5. The van der Waals surface area contributed by atoms with Crippen LogP contribution in [0.25, 0.3) is 0 Å². The van der Waals surface area contributed by atoms with Gasteiger partial charge in [-0.05, 0) is 29.7 Å². The molecule has 6 nitrogen and oxygen atoms in total. The van der Waals surface area contributed by atoms with Gasteiger partial charge in [0.1, 0.15) is 6.61 Å². The Kier molecular flexibility index (Phi) is 6.32. The lowest BCUT2D eigenvalue weighted by atomic mass is 10.0. The molecule has 3 rings (SSSR count). The Labute approximate surface area is 159 Å². The molecule has 3 atom stereocenters. The lowest BCUT2D eigenvalue weighted by Crippen LogP contribution is -2.37. The van der Waals surface area contributed by atoms with Gasteiger partial charge in [0.2, 0.25) is 6.10 Å². The summed E-state index contributed by atoms with van der Waals surface area (Å²) in [5.41, 5.74) is 1.92. The summed E-state index contributed by atoms with van der Waals surface area (Å²) in [4.78, 5) is 11.6. The Bertz CT molecular complexity index is 764. The lowest BCUT2D eigenvalue weighted by molar-refractivity contribution is -0.151. The van der Waals surface area contributed by atoms with Crippen molar-refractivity contribution in [3.8, 4) is 11.5 Å². The highest BCUT2D eigenvalue weighted by molar-refractivity contribution is 5.75. The van der Waals surface area contributed by atoms with Gasteiger partial charge in [-0.1, -0.05) is 43.3 Å². The molecule has 0 saturated heterocycles. The number of fused-ring (bicyclic) bond motifs is 1. The molecule has 2 N–H and O–H groups in total. The van der Waals surface area contributed by atoms with Crippen molar-refractivity contribution >= 4 is 5.97 Å². The standard InChI is InChI=1S/C21H25NO5/c1-3-16(22-12-17(23)14-7-5-4-6-8-14)15-9-10-18-19(11-15)26-13-20(27-18)21(24)25-2/h4-11,16-17,20,22-23H,3,12-13H2,1-2H3. The minimum absolute atomic E-state index is 0.0654. The van der Waals surface area contributed by atoms with Crippen molar-refractivity contribution in [1.29, 1.82) is 0 Å². The summed E-state index contributed by atoms with van der Waals surface area (Å²) in [6, 6.07) is 15.3. The number of hydrogen-bond donors (Lipinski definition) is 2. The Hall–Kier alpha value is -2.57. The van der Waals surface area contributed by atoms with E-state index in [1.165, 1.54) is 7.11 Å². The summed E-state index contributed by atoms with van der Waals surface area (Å²) in [5.74, 6) is 0.684. The first kappa shape index (κ1) is 19.2. The van der Waals surface area contributed by atoms with Crippen LogP contribution in [0.15, 0.2) is 48.5 Å². The summed E-state index contributed by atoms with van der Waals surface area (Å²) in [6.07, 6.45) is -0.459. The van der Waals surface area contributed by atoms with Crippen LogP contribution >= 0.6 is 0 Å². The number of rotatable bonds is 7. The van der Waals surface area contributed by atoms with Gasteiger partial charge in [0.15, 0.2) is 11.5 Å². The molecule has 27 heavy (non-hydrogen) atoms. The van der Waals surface area contributed by atoms with Gasteiger partial charge < -0.3 is 24.6 Å². The molecule has 0 fully saturated rings. The van der Waals surface area contributed by atoms with Crippen LogP contribution in [0.3, 0.4) is 0 Å². The molecule has 1 heterocycles. The molecule has 6 heteroatoms. The Balaban J connectivity index is 1.65. The number of hydrogen-bond acceptors (Lipinski definition) is 6. The van der Waals surface area contributed by atoms with Crippen LogP contribution in [-0.4, -0.2) is 37.4 Å². The second kappa shape index (κ2) is 8.88.